The maximum Gasteiger partial charge on any atom is 0.236 e. The van der Waals surface area contributed by atoms with Gasteiger partial charge in [-0.3, -0.25) is 4.79 Å². The van der Waals surface area contributed by atoms with Crippen LogP contribution < -0.4 is 16.4 Å². The number of hydrogen-bond acceptors (Lipinski definition) is 5. The maximum absolute atomic E-state index is 10.6. The van der Waals surface area contributed by atoms with Gasteiger partial charge < -0.3 is 16.4 Å². The molecule has 0 spiro atoms. The van der Waals surface area contributed by atoms with Crippen molar-refractivity contribution in [2.24, 2.45) is 5.73 Å². The Kier molecular flexibility index (Phi) is 3.84. The topological polar surface area (TPSA) is 92.9 Å². The Bertz CT molecular complexity index is 352. The monoisotopic (exact) mass is 209 g/mol. The Hall–Kier alpha value is -1.85. The van der Waals surface area contributed by atoms with Gasteiger partial charge in [0.05, 0.1) is 6.54 Å². The van der Waals surface area contributed by atoms with Crippen molar-refractivity contribution in [3.8, 4) is 0 Å². The second-order valence-corrected chi connectivity index (χ2v) is 3.04. The molecule has 0 atom stereocenters. The molecule has 0 saturated carbocycles. The molecule has 0 fully saturated rings. The van der Waals surface area contributed by atoms with Crippen LogP contribution in [0.2, 0.25) is 0 Å². The molecule has 0 aliphatic heterocycles. The number of amides is 1. The third-order valence-corrected chi connectivity index (χ3v) is 1.64. The van der Waals surface area contributed by atoms with Crippen LogP contribution in [0.5, 0.6) is 0 Å². The van der Waals surface area contributed by atoms with Crippen molar-refractivity contribution in [2.45, 2.75) is 13.8 Å². The maximum atomic E-state index is 10.6. The van der Waals surface area contributed by atoms with E-state index in [9.17, 15) is 4.79 Å². The van der Waals surface area contributed by atoms with E-state index >= 15 is 0 Å². The van der Waals surface area contributed by atoms with Gasteiger partial charge in [0.2, 0.25) is 5.91 Å². The molecule has 1 heterocycles. The van der Waals surface area contributed by atoms with E-state index in [1.54, 1.807) is 13.0 Å². The summed E-state index contributed by atoms with van der Waals surface area (Å²) in [6, 6.07) is 1.74. The molecule has 0 aliphatic carbocycles. The van der Waals surface area contributed by atoms with Crippen LogP contribution in [-0.4, -0.2) is 29.0 Å². The van der Waals surface area contributed by atoms with Crippen LogP contribution in [0.4, 0.5) is 11.6 Å². The average Bonchev–Trinajstić information content (AvgIpc) is 2.14. The molecule has 0 unspecified atom stereocenters. The van der Waals surface area contributed by atoms with Crippen LogP contribution in [0, 0.1) is 6.92 Å². The summed E-state index contributed by atoms with van der Waals surface area (Å²) in [5.41, 5.74) is 5.01. The summed E-state index contributed by atoms with van der Waals surface area (Å²) in [5.74, 6) is 1.55. The van der Waals surface area contributed by atoms with Gasteiger partial charge in [0.15, 0.2) is 0 Å². The summed E-state index contributed by atoms with van der Waals surface area (Å²) in [7, 11) is 0. The molecule has 6 heteroatoms. The Labute approximate surface area is 88.3 Å². The number of nitrogens with zero attached hydrogens (tertiary/aromatic N) is 2. The summed E-state index contributed by atoms with van der Waals surface area (Å²) in [5, 5.41) is 5.89. The number of primary amides is 1. The van der Waals surface area contributed by atoms with Gasteiger partial charge in [-0.05, 0) is 13.8 Å². The molecule has 0 saturated heterocycles. The number of carbonyl (C=O) groups is 1. The van der Waals surface area contributed by atoms with Crippen molar-refractivity contribution >= 4 is 17.5 Å². The molecule has 6 nitrogen and oxygen atoms in total. The van der Waals surface area contributed by atoms with E-state index in [2.05, 4.69) is 20.6 Å². The van der Waals surface area contributed by atoms with Crippen LogP contribution >= 0.6 is 0 Å². The summed E-state index contributed by atoms with van der Waals surface area (Å²) >= 11 is 0. The molecule has 0 aromatic carbocycles. The summed E-state index contributed by atoms with van der Waals surface area (Å²) in [4.78, 5) is 18.9. The quantitative estimate of drug-likeness (QED) is 0.640. The standard InChI is InChI=1S/C9H15N5O/c1-3-11-8-4-9(12-5-7(10)15)14-6(2)13-8/h4H,3,5H2,1-2H3,(H2,10,15)(H2,11,12,13,14). The molecule has 15 heavy (non-hydrogen) atoms. The lowest BCUT2D eigenvalue weighted by molar-refractivity contribution is -0.116. The molecule has 0 radical (unpaired) electrons. The normalized spacial score (nSPS) is 9.73. The van der Waals surface area contributed by atoms with E-state index in [0.29, 0.717) is 11.6 Å². The molecule has 4 N–H and O–H groups in total. The van der Waals surface area contributed by atoms with E-state index < -0.39 is 5.91 Å². The smallest absolute Gasteiger partial charge is 0.236 e. The van der Waals surface area contributed by atoms with E-state index in [1.807, 2.05) is 6.92 Å². The second kappa shape index (κ2) is 5.14. The molecule has 1 amide bonds. The number of anilines is 2. The first-order valence-electron chi connectivity index (χ1n) is 4.73. The van der Waals surface area contributed by atoms with Gasteiger partial charge in [0.1, 0.15) is 17.5 Å². The fraction of sp³-hybridized carbons (Fsp3) is 0.444. The predicted octanol–water partition coefficient (Wildman–Crippen LogP) is 0.114. The highest BCUT2D eigenvalue weighted by molar-refractivity contribution is 5.78. The van der Waals surface area contributed by atoms with Crippen LogP contribution in [0.3, 0.4) is 0 Å². The third-order valence-electron chi connectivity index (χ3n) is 1.64. The largest absolute Gasteiger partial charge is 0.370 e. The van der Waals surface area contributed by atoms with Crippen LogP contribution in [-0.2, 0) is 4.79 Å². The molecule has 1 aromatic rings. The lowest BCUT2D eigenvalue weighted by Crippen LogP contribution is -2.22. The zero-order valence-corrected chi connectivity index (χ0v) is 8.87. The molecular weight excluding hydrogens is 194 g/mol. The Morgan fingerprint density at radius 2 is 2.00 bits per heavy atom. The number of rotatable bonds is 5. The van der Waals surface area contributed by atoms with Crippen molar-refractivity contribution < 1.29 is 4.79 Å². The van der Waals surface area contributed by atoms with Crippen molar-refractivity contribution in [2.75, 3.05) is 23.7 Å². The van der Waals surface area contributed by atoms with Gasteiger partial charge >= 0.3 is 0 Å². The number of nitrogens with one attached hydrogen (secondary N) is 2. The fourth-order valence-electron chi connectivity index (χ4n) is 1.11. The van der Waals surface area contributed by atoms with Crippen LogP contribution in [0.1, 0.15) is 12.7 Å². The lowest BCUT2D eigenvalue weighted by Gasteiger charge is -2.07. The van der Waals surface area contributed by atoms with E-state index in [4.69, 9.17) is 5.73 Å². The van der Waals surface area contributed by atoms with Gasteiger partial charge in [-0.15, -0.1) is 0 Å². The predicted molar refractivity (Wildman–Crippen MR) is 58.6 cm³/mol. The highest BCUT2D eigenvalue weighted by Crippen LogP contribution is 2.10. The summed E-state index contributed by atoms with van der Waals surface area (Å²) in [6.45, 7) is 4.62. The minimum Gasteiger partial charge on any atom is -0.370 e. The van der Waals surface area contributed by atoms with Crippen molar-refractivity contribution in [3.63, 3.8) is 0 Å². The number of aryl methyl sites for hydroxylation is 1. The first kappa shape index (κ1) is 11.2. The van der Waals surface area contributed by atoms with Gasteiger partial charge in [0.25, 0.3) is 0 Å². The second-order valence-electron chi connectivity index (χ2n) is 3.04. The van der Waals surface area contributed by atoms with Gasteiger partial charge in [-0.25, -0.2) is 9.97 Å². The van der Waals surface area contributed by atoms with Gasteiger partial charge in [-0.2, -0.15) is 0 Å². The number of aromatic nitrogens is 2. The summed E-state index contributed by atoms with van der Waals surface area (Å²) < 4.78 is 0. The first-order chi connectivity index (χ1) is 7.11. The number of nitrogens with two attached hydrogens (primary N) is 1. The average molecular weight is 209 g/mol. The Morgan fingerprint density at radius 1 is 1.40 bits per heavy atom. The first-order valence-corrected chi connectivity index (χ1v) is 4.73. The molecular formula is C9H15N5O. The minimum absolute atomic E-state index is 0.0714. The van der Waals surface area contributed by atoms with Crippen molar-refractivity contribution in [3.05, 3.63) is 11.9 Å². The van der Waals surface area contributed by atoms with Crippen LogP contribution in [0.15, 0.2) is 6.07 Å². The molecule has 1 rings (SSSR count). The van der Waals surface area contributed by atoms with E-state index in [-0.39, 0.29) is 6.54 Å². The van der Waals surface area contributed by atoms with E-state index in [0.717, 1.165) is 12.4 Å². The number of carbonyl (C=O) groups excluding carboxylic acids is 1. The molecule has 0 bridgehead atoms. The highest BCUT2D eigenvalue weighted by atomic mass is 16.1. The molecule has 0 aliphatic rings. The SMILES string of the molecule is CCNc1cc(NCC(N)=O)nc(C)n1. The molecule has 1 aromatic heterocycles. The van der Waals surface area contributed by atoms with Crippen molar-refractivity contribution in [1.82, 2.24) is 9.97 Å². The minimum atomic E-state index is -0.420. The fourth-order valence-corrected chi connectivity index (χ4v) is 1.11. The third kappa shape index (κ3) is 3.80. The Morgan fingerprint density at radius 3 is 2.53 bits per heavy atom. The summed E-state index contributed by atoms with van der Waals surface area (Å²) in [6.07, 6.45) is 0. The zero-order chi connectivity index (χ0) is 11.3. The Balaban J connectivity index is 2.74. The van der Waals surface area contributed by atoms with Crippen molar-refractivity contribution in [1.29, 1.82) is 0 Å². The highest BCUT2D eigenvalue weighted by Gasteiger charge is 2.01. The van der Waals surface area contributed by atoms with Crippen LogP contribution in [0.25, 0.3) is 0 Å². The van der Waals surface area contributed by atoms with Gasteiger partial charge in [-0.1, -0.05) is 0 Å². The lowest BCUT2D eigenvalue weighted by atomic mass is 10.4. The molecule has 82 valence electrons. The zero-order valence-electron chi connectivity index (χ0n) is 8.87. The van der Waals surface area contributed by atoms with Gasteiger partial charge in [0, 0.05) is 12.6 Å². The number of hydrogen-bond donors (Lipinski definition) is 3. The van der Waals surface area contributed by atoms with E-state index in [1.165, 1.54) is 0 Å².